The maximum Gasteiger partial charge on any atom is 0.433 e. The summed E-state index contributed by atoms with van der Waals surface area (Å²) in [5, 5.41) is 10.7. The Bertz CT molecular complexity index is 1000. The molecule has 0 bridgehead atoms. The van der Waals surface area contributed by atoms with Crippen molar-refractivity contribution in [1.82, 2.24) is 29.7 Å². The smallest absolute Gasteiger partial charge is 0.346 e. The lowest BCUT2D eigenvalue weighted by molar-refractivity contribution is -0.142. The first-order valence-electron chi connectivity index (χ1n) is 8.63. The standard InChI is InChI=1S/C17H17F3N6O/c1-2-25-6-5-11(24-25)8-21-16(27)12-9-22-26-14(17(18,19)20)7-13(10-3-4-10)23-15(12)26/h5-7,9-10H,2-4,8H2,1H3,(H,21,27). The van der Waals surface area contributed by atoms with Gasteiger partial charge in [0.15, 0.2) is 5.65 Å². The molecular formula is C17H17F3N6O. The molecule has 3 aromatic rings. The fourth-order valence-corrected chi connectivity index (χ4v) is 2.87. The molecule has 0 aromatic carbocycles. The van der Waals surface area contributed by atoms with Crippen molar-refractivity contribution in [3.05, 3.63) is 47.2 Å². The minimum Gasteiger partial charge on any atom is -0.346 e. The lowest BCUT2D eigenvalue weighted by Crippen LogP contribution is -2.23. The van der Waals surface area contributed by atoms with Crippen LogP contribution in [0.5, 0.6) is 0 Å². The quantitative estimate of drug-likeness (QED) is 0.741. The third-order valence-corrected chi connectivity index (χ3v) is 4.47. The molecule has 27 heavy (non-hydrogen) atoms. The highest BCUT2D eigenvalue weighted by atomic mass is 19.4. The molecule has 0 saturated heterocycles. The number of aromatic nitrogens is 5. The number of hydrogen-bond donors (Lipinski definition) is 1. The Morgan fingerprint density at radius 3 is 2.78 bits per heavy atom. The molecule has 0 unspecified atom stereocenters. The van der Waals surface area contributed by atoms with Crippen LogP contribution in [0, 0.1) is 0 Å². The van der Waals surface area contributed by atoms with Crippen molar-refractivity contribution >= 4 is 11.6 Å². The molecule has 0 atom stereocenters. The average Bonchev–Trinajstić information content (AvgIpc) is 3.23. The largest absolute Gasteiger partial charge is 0.433 e. The first kappa shape index (κ1) is 17.5. The summed E-state index contributed by atoms with van der Waals surface area (Å²) in [6, 6.07) is 2.79. The summed E-state index contributed by atoms with van der Waals surface area (Å²) in [6.07, 6.45) is -0.0752. The number of nitrogens with one attached hydrogen (secondary N) is 1. The molecular weight excluding hydrogens is 361 g/mol. The minimum absolute atomic E-state index is 0.0120. The van der Waals surface area contributed by atoms with E-state index < -0.39 is 17.8 Å². The Balaban J connectivity index is 1.65. The zero-order valence-corrected chi connectivity index (χ0v) is 14.5. The molecule has 1 aliphatic carbocycles. The zero-order valence-electron chi connectivity index (χ0n) is 14.5. The second-order valence-corrected chi connectivity index (χ2v) is 6.48. The molecule has 1 fully saturated rings. The molecule has 4 rings (SSSR count). The third kappa shape index (κ3) is 3.38. The summed E-state index contributed by atoms with van der Waals surface area (Å²) in [5.74, 6) is -0.524. The first-order valence-corrected chi connectivity index (χ1v) is 8.63. The molecule has 3 aromatic heterocycles. The fourth-order valence-electron chi connectivity index (χ4n) is 2.87. The number of alkyl halides is 3. The van der Waals surface area contributed by atoms with Crippen LogP contribution in [0.15, 0.2) is 24.5 Å². The van der Waals surface area contributed by atoms with Gasteiger partial charge in [-0.1, -0.05) is 0 Å². The summed E-state index contributed by atoms with van der Waals surface area (Å²) < 4.78 is 42.6. The Kier molecular flexibility index (Phi) is 4.12. The van der Waals surface area contributed by atoms with Gasteiger partial charge in [-0.3, -0.25) is 9.48 Å². The van der Waals surface area contributed by atoms with E-state index in [1.165, 1.54) is 0 Å². The number of nitrogens with zero attached hydrogens (tertiary/aromatic N) is 5. The molecule has 0 spiro atoms. The van der Waals surface area contributed by atoms with Crippen molar-refractivity contribution in [1.29, 1.82) is 0 Å². The third-order valence-electron chi connectivity index (χ3n) is 4.47. The lowest BCUT2D eigenvalue weighted by Gasteiger charge is -2.11. The van der Waals surface area contributed by atoms with Crippen LogP contribution in [-0.4, -0.2) is 30.3 Å². The Morgan fingerprint density at radius 1 is 1.37 bits per heavy atom. The lowest BCUT2D eigenvalue weighted by atomic mass is 10.2. The van der Waals surface area contributed by atoms with Crippen molar-refractivity contribution in [3.63, 3.8) is 0 Å². The van der Waals surface area contributed by atoms with Crippen molar-refractivity contribution in [2.75, 3.05) is 0 Å². The van der Waals surface area contributed by atoms with Crippen LogP contribution in [0.2, 0.25) is 0 Å². The number of amides is 1. The SMILES string of the molecule is CCn1ccc(CNC(=O)c2cnn3c(C(F)(F)F)cc(C4CC4)nc23)n1. The zero-order chi connectivity index (χ0) is 19.2. The molecule has 1 amide bonds. The van der Waals surface area contributed by atoms with Gasteiger partial charge in [0.2, 0.25) is 0 Å². The Labute approximate surface area is 152 Å². The van der Waals surface area contributed by atoms with Gasteiger partial charge in [-0.25, -0.2) is 9.50 Å². The van der Waals surface area contributed by atoms with Crippen LogP contribution in [0.1, 0.15) is 53.1 Å². The average molecular weight is 378 g/mol. The van der Waals surface area contributed by atoms with Crippen LogP contribution in [0.3, 0.4) is 0 Å². The van der Waals surface area contributed by atoms with E-state index in [0.717, 1.165) is 25.1 Å². The van der Waals surface area contributed by atoms with Gasteiger partial charge in [0.25, 0.3) is 5.91 Å². The summed E-state index contributed by atoms with van der Waals surface area (Å²) in [7, 11) is 0. The van der Waals surface area contributed by atoms with E-state index in [9.17, 15) is 18.0 Å². The molecule has 1 saturated carbocycles. The summed E-state index contributed by atoms with van der Waals surface area (Å²) in [5.41, 5.74) is 0.0201. The second-order valence-electron chi connectivity index (χ2n) is 6.48. The number of carbonyl (C=O) groups excluding carboxylic acids is 1. The summed E-state index contributed by atoms with van der Waals surface area (Å²) in [4.78, 5) is 16.8. The van der Waals surface area contributed by atoms with Gasteiger partial charge in [0, 0.05) is 24.4 Å². The summed E-state index contributed by atoms with van der Waals surface area (Å²) in [6.45, 7) is 2.81. The topological polar surface area (TPSA) is 77.1 Å². The summed E-state index contributed by atoms with van der Waals surface area (Å²) >= 11 is 0. The molecule has 0 radical (unpaired) electrons. The number of fused-ring (bicyclic) bond motifs is 1. The van der Waals surface area contributed by atoms with E-state index in [1.807, 2.05) is 6.92 Å². The van der Waals surface area contributed by atoms with E-state index in [1.54, 1.807) is 16.9 Å². The molecule has 7 nitrogen and oxygen atoms in total. The van der Waals surface area contributed by atoms with E-state index in [2.05, 4.69) is 20.5 Å². The van der Waals surface area contributed by atoms with Crippen molar-refractivity contribution < 1.29 is 18.0 Å². The highest BCUT2D eigenvalue weighted by molar-refractivity contribution is 5.99. The van der Waals surface area contributed by atoms with Gasteiger partial charge in [-0.15, -0.1) is 0 Å². The van der Waals surface area contributed by atoms with Gasteiger partial charge in [-0.05, 0) is 31.9 Å². The van der Waals surface area contributed by atoms with Gasteiger partial charge in [0.05, 0.1) is 18.4 Å². The van der Waals surface area contributed by atoms with Crippen LogP contribution < -0.4 is 5.32 Å². The Hall–Kier alpha value is -2.91. The van der Waals surface area contributed by atoms with E-state index >= 15 is 0 Å². The maximum absolute atomic E-state index is 13.4. The monoisotopic (exact) mass is 378 g/mol. The van der Waals surface area contributed by atoms with Crippen LogP contribution in [-0.2, 0) is 19.3 Å². The molecule has 142 valence electrons. The predicted molar refractivity (Wildman–Crippen MR) is 89.0 cm³/mol. The fraction of sp³-hybridized carbons (Fsp3) is 0.412. The van der Waals surface area contributed by atoms with Gasteiger partial charge in [-0.2, -0.15) is 23.4 Å². The second kappa shape index (κ2) is 6.36. The van der Waals surface area contributed by atoms with Crippen LogP contribution >= 0.6 is 0 Å². The van der Waals surface area contributed by atoms with Crippen molar-refractivity contribution in [2.24, 2.45) is 0 Å². The van der Waals surface area contributed by atoms with Crippen LogP contribution in [0.25, 0.3) is 5.65 Å². The van der Waals surface area contributed by atoms with E-state index in [4.69, 9.17) is 0 Å². The molecule has 1 N–H and O–H groups in total. The highest BCUT2D eigenvalue weighted by Crippen LogP contribution is 2.41. The van der Waals surface area contributed by atoms with Gasteiger partial charge in [0.1, 0.15) is 11.3 Å². The number of carbonyl (C=O) groups is 1. The van der Waals surface area contributed by atoms with Gasteiger partial charge >= 0.3 is 6.18 Å². The van der Waals surface area contributed by atoms with E-state index in [-0.39, 0.29) is 23.7 Å². The number of hydrogen-bond acceptors (Lipinski definition) is 4. The van der Waals surface area contributed by atoms with Crippen molar-refractivity contribution in [2.45, 2.75) is 44.9 Å². The number of rotatable bonds is 5. The van der Waals surface area contributed by atoms with E-state index in [0.29, 0.717) is 22.4 Å². The normalized spacial score (nSPS) is 14.7. The number of aryl methyl sites for hydroxylation is 1. The van der Waals surface area contributed by atoms with Crippen molar-refractivity contribution in [3.8, 4) is 0 Å². The molecule has 0 aliphatic heterocycles. The first-order chi connectivity index (χ1) is 12.9. The van der Waals surface area contributed by atoms with Gasteiger partial charge < -0.3 is 5.32 Å². The molecule has 3 heterocycles. The van der Waals surface area contributed by atoms with Crippen LogP contribution in [0.4, 0.5) is 13.2 Å². The molecule has 1 aliphatic rings. The Morgan fingerprint density at radius 2 is 2.15 bits per heavy atom. The molecule has 10 heteroatoms. The number of halogens is 3. The predicted octanol–water partition coefficient (Wildman–Crippen LogP) is 2.77. The maximum atomic E-state index is 13.4. The minimum atomic E-state index is -4.59. The highest BCUT2D eigenvalue weighted by Gasteiger charge is 2.37.